The summed E-state index contributed by atoms with van der Waals surface area (Å²) in [6.45, 7) is -0.711. The molecule has 0 radical (unpaired) electrons. The van der Waals surface area contributed by atoms with Crippen LogP contribution in [0.25, 0.3) is 0 Å². The van der Waals surface area contributed by atoms with E-state index in [4.69, 9.17) is 5.11 Å². The largest absolute Gasteiger partial charge is 0.494 e. The molecule has 0 aromatic carbocycles. The predicted octanol–water partition coefficient (Wildman–Crippen LogP) is 1.66. The number of aliphatic hydroxyl groups is 1. The molecule has 6 heteroatoms. The molecular weight excluding hydrogens is 199 g/mol. The summed E-state index contributed by atoms with van der Waals surface area (Å²) in [5.74, 6) is -1.27. The Bertz CT molecular complexity index is 331. The molecule has 1 aromatic heterocycles. The van der Waals surface area contributed by atoms with E-state index in [1.807, 2.05) is 0 Å². The van der Waals surface area contributed by atoms with E-state index in [0.717, 1.165) is 7.11 Å². The number of aromatic nitrogens is 1. The van der Waals surface area contributed by atoms with Crippen molar-refractivity contribution in [1.29, 1.82) is 0 Å². The van der Waals surface area contributed by atoms with E-state index in [1.54, 1.807) is 0 Å². The van der Waals surface area contributed by atoms with Gasteiger partial charge in [-0.3, -0.25) is 0 Å². The monoisotopic (exact) mass is 207 g/mol. The number of aliphatic hydroxyl groups excluding tert-OH is 1. The molecule has 0 fully saturated rings. The third-order valence-corrected chi connectivity index (χ3v) is 1.68. The van der Waals surface area contributed by atoms with Crippen LogP contribution in [0, 0.1) is 5.82 Å². The standard InChI is InChI=1S/C8H8F3NO2/c1-14-7-4(3-13)5(9)2-12-6(7)8(10)11/h2,8,13H,3H2,1H3. The number of ether oxygens (including phenoxy) is 1. The van der Waals surface area contributed by atoms with Gasteiger partial charge in [0.15, 0.2) is 11.6 Å². The lowest BCUT2D eigenvalue weighted by Gasteiger charge is -2.10. The Morgan fingerprint density at radius 2 is 2.21 bits per heavy atom. The van der Waals surface area contributed by atoms with Gasteiger partial charge in [0.25, 0.3) is 6.43 Å². The highest BCUT2D eigenvalue weighted by atomic mass is 19.3. The lowest BCUT2D eigenvalue weighted by molar-refractivity contribution is 0.140. The fraction of sp³-hybridized carbons (Fsp3) is 0.375. The number of pyridine rings is 1. The zero-order valence-corrected chi connectivity index (χ0v) is 7.30. The zero-order valence-electron chi connectivity index (χ0n) is 7.30. The predicted molar refractivity (Wildman–Crippen MR) is 41.6 cm³/mol. The molecule has 0 unspecified atom stereocenters. The molecule has 1 N–H and O–H groups in total. The first kappa shape index (κ1) is 10.8. The van der Waals surface area contributed by atoms with Crippen molar-refractivity contribution in [3.8, 4) is 5.75 Å². The Kier molecular flexibility index (Phi) is 3.29. The van der Waals surface area contributed by atoms with Crippen molar-refractivity contribution in [2.45, 2.75) is 13.0 Å². The molecular formula is C8H8F3NO2. The van der Waals surface area contributed by atoms with Crippen molar-refractivity contribution >= 4 is 0 Å². The number of rotatable bonds is 3. The van der Waals surface area contributed by atoms with E-state index in [1.165, 1.54) is 0 Å². The lowest BCUT2D eigenvalue weighted by Crippen LogP contribution is -2.03. The van der Waals surface area contributed by atoms with Gasteiger partial charge < -0.3 is 9.84 Å². The summed E-state index contributed by atoms with van der Waals surface area (Å²) in [5.41, 5.74) is -0.976. The van der Waals surface area contributed by atoms with Crippen LogP contribution in [0.4, 0.5) is 13.2 Å². The van der Waals surface area contributed by atoms with Gasteiger partial charge in [-0.25, -0.2) is 18.2 Å². The second-order valence-corrected chi connectivity index (χ2v) is 2.46. The fourth-order valence-corrected chi connectivity index (χ4v) is 1.06. The smallest absolute Gasteiger partial charge is 0.284 e. The van der Waals surface area contributed by atoms with Gasteiger partial charge in [0, 0.05) is 0 Å². The highest BCUT2D eigenvalue weighted by Crippen LogP contribution is 2.31. The van der Waals surface area contributed by atoms with Crippen LogP contribution in [0.3, 0.4) is 0 Å². The molecule has 0 bridgehead atoms. The van der Waals surface area contributed by atoms with Crippen molar-refractivity contribution in [2.24, 2.45) is 0 Å². The number of hydrogen-bond donors (Lipinski definition) is 1. The lowest BCUT2D eigenvalue weighted by atomic mass is 10.2. The minimum absolute atomic E-state index is 0.308. The minimum atomic E-state index is -2.86. The van der Waals surface area contributed by atoms with Crippen LogP contribution in [0.2, 0.25) is 0 Å². The molecule has 0 spiro atoms. The van der Waals surface area contributed by atoms with Crippen LogP contribution >= 0.6 is 0 Å². The average Bonchev–Trinajstić information content (AvgIpc) is 2.16. The molecule has 1 aromatic rings. The van der Waals surface area contributed by atoms with E-state index in [2.05, 4.69) is 9.72 Å². The Morgan fingerprint density at radius 3 is 2.64 bits per heavy atom. The number of halogens is 3. The molecule has 0 aliphatic heterocycles. The van der Waals surface area contributed by atoms with Crippen LogP contribution < -0.4 is 4.74 Å². The average molecular weight is 207 g/mol. The molecule has 0 amide bonds. The number of hydrogen-bond acceptors (Lipinski definition) is 3. The third kappa shape index (κ3) is 1.79. The first-order valence-electron chi connectivity index (χ1n) is 3.72. The maximum absolute atomic E-state index is 12.9. The summed E-state index contributed by atoms with van der Waals surface area (Å²) >= 11 is 0. The van der Waals surface area contributed by atoms with E-state index in [9.17, 15) is 13.2 Å². The van der Waals surface area contributed by atoms with Crippen molar-refractivity contribution in [2.75, 3.05) is 7.11 Å². The summed E-state index contributed by atoms with van der Waals surface area (Å²) in [6, 6.07) is 0. The summed E-state index contributed by atoms with van der Waals surface area (Å²) in [6.07, 6.45) is -2.23. The molecule has 0 atom stereocenters. The van der Waals surface area contributed by atoms with Gasteiger partial charge in [-0.15, -0.1) is 0 Å². The molecule has 0 saturated carbocycles. The topological polar surface area (TPSA) is 42.4 Å². The first-order valence-corrected chi connectivity index (χ1v) is 3.72. The Balaban J connectivity index is 3.33. The molecule has 0 aliphatic rings. The van der Waals surface area contributed by atoms with E-state index >= 15 is 0 Å². The van der Waals surface area contributed by atoms with E-state index in [0.29, 0.717) is 6.20 Å². The van der Waals surface area contributed by atoms with Crippen LogP contribution in [-0.4, -0.2) is 17.2 Å². The highest BCUT2D eigenvalue weighted by molar-refractivity contribution is 5.38. The maximum Gasteiger partial charge on any atom is 0.284 e. The Hall–Kier alpha value is -1.30. The summed E-state index contributed by atoms with van der Waals surface area (Å²) < 4.78 is 42.1. The second-order valence-electron chi connectivity index (χ2n) is 2.46. The van der Waals surface area contributed by atoms with Crippen LogP contribution in [0.5, 0.6) is 5.75 Å². The van der Waals surface area contributed by atoms with Crippen molar-refractivity contribution in [1.82, 2.24) is 4.98 Å². The SMILES string of the molecule is COc1c(C(F)F)ncc(F)c1CO. The fourth-order valence-electron chi connectivity index (χ4n) is 1.06. The molecule has 0 aliphatic carbocycles. The van der Waals surface area contributed by atoms with Crippen molar-refractivity contribution in [3.63, 3.8) is 0 Å². The molecule has 1 heterocycles. The normalized spacial score (nSPS) is 10.7. The van der Waals surface area contributed by atoms with Crippen molar-refractivity contribution in [3.05, 3.63) is 23.3 Å². The van der Waals surface area contributed by atoms with E-state index in [-0.39, 0.29) is 5.56 Å². The van der Waals surface area contributed by atoms with Gasteiger partial charge in [-0.2, -0.15) is 0 Å². The quantitative estimate of drug-likeness (QED) is 0.819. The third-order valence-electron chi connectivity index (χ3n) is 1.68. The zero-order chi connectivity index (χ0) is 10.7. The van der Waals surface area contributed by atoms with Crippen LogP contribution in [-0.2, 0) is 6.61 Å². The van der Waals surface area contributed by atoms with Gasteiger partial charge in [0.1, 0.15) is 5.69 Å². The van der Waals surface area contributed by atoms with Gasteiger partial charge in [-0.05, 0) is 0 Å². The molecule has 3 nitrogen and oxygen atoms in total. The van der Waals surface area contributed by atoms with Gasteiger partial charge in [0.05, 0.1) is 25.5 Å². The van der Waals surface area contributed by atoms with Crippen LogP contribution in [0.15, 0.2) is 6.20 Å². The summed E-state index contributed by atoms with van der Waals surface area (Å²) in [7, 11) is 1.11. The highest BCUT2D eigenvalue weighted by Gasteiger charge is 2.21. The van der Waals surface area contributed by atoms with Crippen molar-refractivity contribution < 1.29 is 23.0 Å². The number of alkyl halides is 2. The number of methoxy groups -OCH3 is 1. The van der Waals surface area contributed by atoms with E-state index < -0.39 is 30.3 Å². The first-order chi connectivity index (χ1) is 6.61. The number of nitrogens with zero attached hydrogens (tertiary/aromatic N) is 1. The second kappa shape index (κ2) is 4.28. The van der Waals surface area contributed by atoms with Gasteiger partial charge in [0.2, 0.25) is 0 Å². The maximum atomic E-state index is 12.9. The van der Waals surface area contributed by atoms with Gasteiger partial charge in [-0.1, -0.05) is 0 Å². The summed E-state index contributed by atoms with van der Waals surface area (Å²) in [5, 5.41) is 8.74. The Morgan fingerprint density at radius 1 is 1.57 bits per heavy atom. The molecule has 0 saturated heterocycles. The minimum Gasteiger partial charge on any atom is -0.494 e. The molecule has 1 rings (SSSR count). The Labute approximate surface area is 78.2 Å². The molecule has 78 valence electrons. The van der Waals surface area contributed by atoms with Gasteiger partial charge >= 0.3 is 0 Å². The van der Waals surface area contributed by atoms with Crippen LogP contribution in [0.1, 0.15) is 17.7 Å². The summed E-state index contributed by atoms with van der Waals surface area (Å²) in [4.78, 5) is 3.20. The molecule has 14 heavy (non-hydrogen) atoms.